The zero-order valence-electron chi connectivity index (χ0n) is 10.7. The van der Waals surface area contributed by atoms with E-state index < -0.39 is 0 Å². The lowest BCUT2D eigenvalue weighted by atomic mass is 10.1. The van der Waals surface area contributed by atoms with Gasteiger partial charge in [0.1, 0.15) is 5.75 Å². The minimum atomic E-state index is -0.293. The summed E-state index contributed by atoms with van der Waals surface area (Å²) in [6.07, 6.45) is 0.897. The smallest absolute Gasteiger partial charge is 0.231 e. The van der Waals surface area contributed by atoms with E-state index in [9.17, 15) is 4.79 Å². The number of nitrogens with zero attached hydrogens (tertiary/aromatic N) is 1. The van der Waals surface area contributed by atoms with Gasteiger partial charge in [-0.3, -0.25) is 9.69 Å². The number of carbonyl (C=O) groups is 1. The molecule has 4 heteroatoms. The fraction of sp³-hybridized carbons (Fsp3) is 0.462. The molecule has 0 aliphatic rings. The number of primary amides is 1. The number of aryl methyl sites for hydroxylation is 1. The average Bonchev–Trinajstić information content (AvgIpc) is 2.25. The summed E-state index contributed by atoms with van der Waals surface area (Å²) in [6.45, 7) is 3.14. The Bertz CT molecular complexity index is 391. The van der Waals surface area contributed by atoms with Gasteiger partial charge in [0.2, 0.25) is 5.91 Å². The van der Waals surface area contributed by atoms with Gasteiger partial charge in [-0.2, -0.15) is 0 Å². The van der Waals surface area contributed by atoms with Crippen molar-refractivity contribution in [2.75, 3.05) is 27.2 Å². The quantitative estimate of drug-likeness (QED) is 0.800. The van der Waals surface area contributed by atoms with Gasteiger partial charge in [-0.25, -0.2) is 0 Å². The van der Waals surface area contributed by atoms with E-state index in [2.05, 4.69) is 6.07 Å². The van der Waals surface area contributed by atoms with Crippen LogP contribution in [0.4, 0.5) is 0 Å². The van der Waals surface area contributed by atoms with Crippen LogP contribution in [0.15, 0.2) is 18.2 Å². The molecule has 0 saturated heterocycles. The number of amides is 1. The van der Waals surface area contributed by atoms with Crippen molar-refractivity contribution in [1.82, 2.24) is 4.90 Å². The van der Waals surface area contributed by atoms with Crippen molar-refractivity contribution >= 4 is 5.91 Å². The molecule has 0 radical (unpaired) electrons. The second-order valence-corrected chi connectivity index (χ2v) is 4.26. The van der Waals surface area contributed by atoms with Gasteiger partial charge in [0.15, 0.2) is 0 Å². The molecule has 0 saturated carbocycles. The Hall–Kier alpha value is -1.55. The fourth-order valence-corrected chi connectivity index (χ4v) is 1.76. The molecule has 0 fully saturated rings. The maximum absolute atomic E-state index is 10.7. The molecule has 0 spiro atoms. The van der Waals surface area contributed by atoms with Gasteiger partial charge in [-0.15, -0.1) is 0 Å². The van der Waals surface area contributed by atoms with Crippen LogP contribution in [0.1, 0.15) is 11.1 Å². The summed E-state index contributed by atoms with van der Waals surface area (Å²) in [7, 11) is 3.56. The van der Waals surface area contributed by atoms with Gasteiger partial charge in [-0.1, -0.05) is 12.1 Å². The molecule has 1 aromatic carbocycles. The van der Waals surface area contributed by atoms with Gasteiger partial charge >= 0.3 is 0 Å². The highest BCUT2D eigenvalue weighted by atomic mass is 16.5. The zero-order chi connectivity index (χ0) is 12.8. The zero-order valence-corrected chi connectivity index (χ0v) is 10.7. The maximum atomic E-state index is 10.7. The molecule has 1 rings (SSSR count). The van der Waals surface area contributed by atoms with Crippen LogP contribution in [0.25, 0.3) is 0 Å². The summed E-state index contributed by atoms with van der Waals surface area (Å²) in [4.78, 5) is 12.6. The lowest BCUT2D eigenvalue weighted by Crippen LogP contribution is -2.32. The van der Waals surface area contributed by atoms with Crippen molar-refractivity contribution in [3.05, 3.63) is 29.3 Å². The first kappa shape index (κ1) is 13.5. The number of rotatable bonds is 6. The van der Waals surface area contributed by atoms with Crippen molar-refractivity contribution < 1.29 is 9.53 Å². The van der Waals surface area contributed by atoms with Crippen LogP contribution in [0.3, 0.4) is 0 Å². The topological polar surface area (TPSA) is 55.6 Å². The van der Waals surface area contributed by atoms with Crippen LogP contribution in [-0.2, 0) is 11.2 Å². The SMILES string of the molecule is COc1ccc(CCN(C)CC(N)=O)cc1C. The molecule has 4 nitrogen and oxygen atoms in total. The summed E-state index contributed by atoms with van der Waals surface area (Å²) in [5.41, 5.74) is 7.49. The Labute approximate surface area is 102 Å². The predicted octanol–water partition coefficient (Wildman–Crippen LogP) is 0.963. The van der Waals surface area contributed by atoms with Gasteiger partial charge in [0, 0.05) is 6.54 Å². The number of methoxy groups -OCH3 is 1. The molecule has 0 bridgehead atoms. The van der Waals surface area contributed by atoms with E-state index in [0.717, 1.165) is 24.3 Å². The van der Waals surface area contributed by atoms with Crippen molar-refractivity contribution in [1.29, 1.82) is 0 Å². The van der Waals surface area contributed by atoms with E-state index >= 15 is 0 Å². The molecule has 0 atom stereocenters. The molecule has 0 unspecified atom stereocenters. The molecular weight excluding hydrogens is 216 g/mol. The number of nitrogens with two attached hydrogens (primary N) is 1. The molecule has 1 amide bonds. The number of likely N-dealkylation sites (N-methyl/N-ethyl adjacent to an activating group) is 1. The van der Waals surface area contributed by atoms with Crippen LogP contribution in [-0.4, -0.2) is 38.1 Å². The third-order valence-corrected chi connectivity index (χ3v) is 2.67. The molecule has 94 valence electrons. The second kappa shape index (κ2) is 6.25. The van der Waals surface area contributed by atoms with E-state index in [1.807, 2.05) is 31.0 Å². The summed E-state index contributed by atoms with van der Waals surface area (Å²) in [5.74, 6) is 0.609. The number of hydrogen-bond donors (Lipinski definition) is 1. The van der Waals surface area contributed by atoms with E-state index in [1.165, 1.54) is 5.56 Å². The van der Waals surface area contributed by atoms with Crippen molar-refractivity contribution in [2.45, 2.75) is 13.3 Å². The standard InChI is InChI=1S/C13H20N2O2/c1-10-8-11(4-5-12(10)17-3)6-7-15(2)9-13(14)16/h4-5,8H,6-7,9H2,1-3H3,(H2,14,16). The minimum absolute atomic E-state index is 0.293. The first-order valence-electron chi connectivity index (χ1n) is 5.63. The highest BCUT2D eigenvalue weighted by Gasteiger charge is 2.04. The first-order chi connectivity index (χ1) is 8.02. The third-order valence-electron chi connectivity index (χ3n) is 2.67. The van der Waals surface area contributed by atoms with Gasteiger partial charge in [-0.05, 0) is 37.6 Å². The largest absolute Gasteiger partial charge is 0.496 e. The van der Waals surface area contributed by atoms with Crippen LogP contribution < -0.4 is 10.5 Å². The van der Waals surface area contributed by atoms with E-state index in [1.54, 1.807) is 7.11 Å². The highest BCUT2D eigenvalue weighted by Crippen LogP contribution is 2.18. The highest BCUT2D eigenvalue weighted by molar-refractivity contribution is 5.75. The predicted molar refractivity (Wildman–Crippen MR) is 68.1 cm³/mol. The second-order valence-electron chi connectivity index (χ2n) is 4.26. The third kappa shape index (κ3) is 4.44. The fourth-order valence-electron chi connectivity index (χ4n) is 1.76. The van der Waals surface area contributed by atoms with Crippen molar-refractivity contribution in [3.63, 3.8) is 0 Å². The molecule has 2 N–H and O–H groups in total. The Kier molecular flexibility index (Phi) is 4.97. The van der Waals surface area contributed by atoms with Crippen LogP contribution in [0.5, 0.6) is 5.75 Å². The molecular formula is C13H20N2O2. The van der Waals surface area contributed by atoms with Crippen LogP contribution in [0.2, 0.25) is 0 Å². The summed E-state index contributed by atoms with van der Waals surface area (Å²) < 4.78 is 5.21. The summed E-state index contributed by atoms with van der Waals surface area (Å²) >= 11 is 0. The molecule has 17 heavy (non-hydrogen) atoms. The molecule has 0 aliphatic heterocycles. The van der Waals surface area contributed by atoms with Gasteiger partial charge < -0.3 is 10.5 Å². The number of benzene rings is 1. The summed E-state index contributed by atoms with van der Waals surface area (Å²) in [5, 5.41) is 0. The first-order valence-corrected chi connectivity index (χ1v) is 5.63. The number of ether oxygens (including phenoxy) is 1. The van der Waals surface area contributed by atoms with E-state index in [-0.39, 0.29) is 5.91 Å². The van der Waals surface area contributed by atoms with Gasteiger partial charge in [0.25, 0.3) is 0 Å². The van der Waals surface area contributed by atoms with Crippen LogP contribution in [0, 0.1) is 6.92 Å². The van der Waals surface area contributed by atoms with Gasteiger partial charge in [0.05, 0.1) is 13.7 Å². The molecule has 0 aromatic heterocycles. The minimum Gasteiger partial charge on any atom is -0.496 e. The van der Waals surface area contributed by atoms with Crippen molar-refractivity contribution in [3.8, 4) is 5.75 Å². The lowest BCUT2D eigenvalue weighted by Gasteiger charge is -2.14. The van der Waals surface area contributed by atoms with Crippen molar-refractivity contribution in [2.24, 2.45) is 5.73 Å². The Morgan fingerprint density at radius 2 is 2.18 bits per heavy atom. The monoisotopic (exact) mass is 236 g/mol. The number of hydrogen-bond acceptors (Lipinski definition) is 3. The van der Waals surface area contributed by atoms with E-state index in [0.29, 0.717) is 6.54 Å². The van der Waals surface area contributed by atoms with Crippen LogP contribution >= 0.6 is 0 Å². The van der Waals surface area contributed by atoms with E-state index in [4.69, 9.17) is 10.5 Å². The molecule has 0 aliphatic carbocycles. The lowest BCUT2D eigenvalue weighted by molar-refractivity contribution is -0.118. The molecule has 1 aromatic rings. The number of carbonyl (C=O) groups excluding carboxylic acids is 1. The molecule has 0 heterocycles. The maximum Gasteiger partial charge on any atom is 0.231 e. The Balaban J connectivity index is 2.52. The summed E-state index contributed by atoms with van der Waals surface area (Å²) in [6, 6.07) is 6.12. The Morgan fingerprint density at radius 1 is 1.47 bits per heavy atom. The Morgan fingerprint density at radius 3 is 2.71 bits per heavy atom. The average molecular weight is 236 g/mol. The normalized spacial score (nSPS) is 10.6.